The largest absolute Gasteiger partial charge is 0.444 e. The van der Waals surface area contributed by atoms with Gasteiger partial charge in [-0.2, -0.15) is 0 Å². The van der Waals surface area contributed by atoms with Gasteiger partial charge in [-0.25, -0.2) is 4.79 Å². The van der Waals surface area contributed by atoms with E-state index in [1.807, 2.05) is 44.1 Å². The molecule has 0 aliphatic carbocycles. The number of amides is 1. The SMILES string of the molecule is CC(C)(C)OC(=O)N1CCC(N2CC3CC(CN(c4cccnc4)C3)C2)CC1. The third kappa shape index (κ3) is 4.59. The van der Waals surface area contributed by atoms with Crippen molar-refractivity contribution >= 4 is 11.8 Å². The van der Waals surface area contributed by atoms with E-state index < -0.39 is 5.60 Å². The zero-order chi connectivity index (χ0) is 19.7. The van der Waals surface area contributed by atoms with Crippen molar-refractivity contribution in [2.45, 2.75) is 51.7 Å². The smallest absolute Gasteiger partial charge is 0.410 e. The molecular formula is C22H34N4O2. The van der Waals surface area contributed by atoms with Crippen LogP contribution in [0.25, 0.3) is 0 Å². The lowest BCUT2D eigenvalue weighted by Crippen LogP contribution is -2.57. The standard InChI is InChI=1S/C22H34N4O2/c1-22(2,3)28-21(27)24-9-6-19(7-10-24)25-13-17-11-18(14-25)16-26(15-17)20-5-4-8-23-12-20/h4-5,8,12,17-19H,6-7,9-11,13-16H2,1-3H3. The Hall–Kier alpha value is -1.82. The average Bonchev–Trinajstić information content (AvgIpc) is 2.67. The lowest BCUT2D eigenvalue weighted by molar-refractivity contribution is 0.00556. The summed E-state index contributed by atoms with van der Waals surface area (Å²) in [6.45, 7) is 12.1. The summed E-state index contributed by atoms with van der Waals surface area (Å²) < 4.78 is 5.54. The molecule has 0 saturated carbocycles. The molecule has 3 aliphatic rings. The van der Waals surface area contributed by atoms with Crippen LogP contribution in [0.1, 0.15) is 40.0 Å². The normalized spacial score (nSPS) is 27.0. The van der Waals surface area contributed by atoms with Gasteiger partial charge in [-0.3, -0.25) is 9.88 Å². The van der Waals surface area contributed by atoms with Gasteiger partial charge in [0.05, 0.1) is 11.9 Å². The minimum Gasteiger partial charge on any atom is -0.444 e. The Morgan fingerprint density at radius 3 is 2.36 bits per heavy atom. The van der Waals surface area contributed by atoms with Crippen LogP contribution in [0.15, 0.2) is 24.5 Å². The average molecular weight is 387 g/mol. The molecule has 6 heteroatoms. The topological polar surface area (TPSA) is 48.9 Å². The van der Waals surface area contributed by atoms with Gasteiger partial charge in [0.1, 0.15) is 5.60 Å². The summed E-state index contributed by atoms with van der Waals surface area (Å²) in [4.78, 5) is 23.7. The second kappa shape index (κ2) is 7.90. The van der Waals surface area contributed by atoms with Crippen LogP contribution in [0.3, 0.4) is 0 Å². The predicted octanol–water partition coefficient (Wildman–Crippen LogP) is 3.24. The summed E-state index contributed by atoms with van der Waals surface area (Å²) in [6, 6.07) is 4.82. The van der Waals surface area contributed by atoms with Crippen molar-refractivity contribution in [3.8, 4) is 0 Å². The summed E-state index contributed by atoms with van der Waals surface area (Å²) in [5, 5.41) is 0. The fourth-order valence-corrected chi connectivity index (χ4v) is 5.11. The first-order valence-corrected chi connectivity index (χ1v) is 10.7. The lowest BCUT2D eigenvalue weighted by Gasteiger charge is -2.50. The zero-order valence-corrected chi connectivity index (χ0v) is 17.5. The zero-order valence-electron chi connectivity index (χ0n) is 17.5. The molecule has 6 nitrogen and oxygen atoms in total. The van der Waals surface area contributed by atoms with Gasteiger partial charge < -0.3 is 14.5 Å². The lowest BCUT2D eigenvalue weighted by atomic mass is 9.83. The third-order valence-electron chi connectivity index (χ3n) is 6.25. The molecule has 28 heavy (non-hydrogen) atoms. The van der Waals surface area contributed by atoms with Gasteiger partial charge >= 0.3 is 6.09 Å². The Labute approximate surface area is 168 Å². The highest BCUT2D eigenvalue weighted by Crippen LogP contribution is 2.33. The number of ether oxygens (including phenoxy) is 1. The summed E-state index contributed by atoms with van der Waals surface area (Å²) >= 11 is 0. The maximum Gasteiger partial charge on any atom is 0.410 e. The van der Waals surface area contributed by atoms with E-state index in [-0.39, 0.29) is 6.09 Å². The molecule has 2 atom stereocenters. The fourth-order valence-electron chi connectivity index (χ4n) is 5.11. The first kappa shape index (κ1) is 19.5. The number of rotatable bonds is 2. The van der Waals surface area contributed by atoms with E-state index in [1.54, 1.807) is 0 Å². The van der Waals surface area contributed by atoms with E-state index in [4.69, 9.17) is 4.74 Å². The molecule has 3 saturated heterocycles. The molecule has 2 unspecified atom stereocenters. The van der Waals surface area contributed by atoms with Gasteiger partial charge in [-0.15, -0.1) is 0 Å². The Kier molecular flexibility index (Phi) is 5.50. The van der Waals surface area contributed by atoms with Crippen molar-refractivity contribution < 1.29 is 9.53 Å². The molecule has 4 rings (SSSR count). The summed E-state index contributed by atoms with van der Waals surface area (Å²) in [5.74, 6) is 1.47. The number of carbonyl (C=O) groups is 1. The van der Waals surface area contributed by atoms with E-state index in [0.717, 1.165) is 50.9 Å². The van der Waals surface area contributed by atoms with Gasteiger partial charge in [0.2, 0.25) is 0 Å². The van der Waals surface area contributed by atoms with Crippen molar-refractivity contribution in [3.63, 3.8) is 0 Å². The van der Waals surface area contributed by atoms with E-state index >= 15 is 0 Å². The third-order valence-corrected chi connectivity index (χ3v) is 6.25. The second-order valence-corrected chi connectivity index (χ2v) is 9.74. The van der Waals surface area contributed by atoms with Crippen molar-refractivity contribution in [2.75, 3.05) is 44.2 Å². The molecular weight excluding hydrogens is 352 g/mol. The highest BCUT2D eigenvalue weighted by molar-refractivity contribution is 5.68. The number of nitrogens with zero attached hydrogens (tertiary/aromatic N) is 4. The monoisotopic (exact) mass is 386 g/mol. The molecule has 3 aliphatic heterocycles. The van der Waals surface area contributed by atoms with E-state index in [2.05, 4.69) is 20.9 Å². The van der Waals surface area contributed by atoms with Crippen LogP contribution in [-0.4, -0.2) is 71.8 Å². The summed E-state index contributed by atoms with van der Waals surface area (Å²) in [6.07, 6.45) is 7.15. The van der Waals surface area contributed by atoms with Crippen LogP contribution < -0.4 is 4.90 Å². The number of fused-ring (bicyclic) bond motifs is 2. The summed E-state index contributed by atoms with van der Waals surface area (Å²) in [7, 11) is 0. The number of carbonyl (C=O) groups excluding carboxylic acids is 1. The van der Waals surface area contributed by atoms with Crippen molar-refractivity contribution in [3.05, 3.63) is 24.5 Å². The summed E-state index contributed by atoms with van der Waals surface area (Å²) in [5.41, 5.74) is 0.842. The minimum absolute atomic E-state index is 0.159. The molecule has 1 amide bonds. The number of piperidine rings is 3. The Morgan fingerprint density at radius 2 is 1.79 bits per heavy atom. The highest BCUT2D eigenvalue weighted by Gasteiger charge is 2.38. The molecule has 1 aromatic rings. The number of anilines is 1. The predicted molar refractivity (Wildman–Crippen MR) is 110 cm³/mol. The van der Waals surface area contributed by atoms with Crippen LogP contribution in [0.4, 0.5) is 10.5 Å². The number of aromatic nitrogens is 1. The van der Waals surface area contributed by atoms with Crippen LogP contribution >= 0.6 is 0 Å². The first-order chi connectivity index (χ1) is 13.4. The molecule has 0 radical (unpaired) electrons. The van der Waals surface area contributed by atoms with Crippen LogP contribution in [0.2, 0.25) is 0 Å². The van der Waals surface area contributed by atoms with E-state index in [9.17, 15) is 4.79 Å². The van der Waals surface area contributed by atoms with Gasteiger partial charge in [0.25, 0.3) is 0 Å². The van der Waals surface area contributed by atoms with Crippen LogP contribution in [0, 0.1) is 11.8 Å². The maximum absolute atomic E-state index is 12.3. The molecule has 4 heterocycles. The first-order valence-electron chi connectivity index (χ1n) is 10.7. The Balaban J connectivity index is 1.29. The molecule has 0 spiro atoms. The molecule has 154 valence electrons. The molecule has 0 aromatic carbocycles. The maximum atomic E-state index is 12.3. The van der Waals surface area contributed by atoms with Crippen molar-refractivity contribution in [1.29, 1.82) is 0 Å². The molecule has 0 N–H and O–H groups in total. The molecule has 3 fully saturated rings. The number of hydrogen-bond acceptors (Lipinski definition) is 5. The van der Waals surface area contributed by atoms with Crippen molar-refractivity contribution in [1.82, 2.24) is 14.8 Å². The van der Waals surface area contributed by atoms with E-state index in [0.29, 0.717) is 6.04 Å². The Bertz CT molecular complexity index is 653. The fraction of sp³-hybridized carbons (Fsp3) is 0.727. The number of likely N-dealkylation sites (tertiary alicyclic amines) is 2. The highest BCUT2D eigenvalue weighted by atomic mass is 16.6. The van der Waals surface area contributed by atoms with Gasteiger partial charge in [-0.05, 0) is 64.0 Å². The van der Waals surface area contributed by atoms with Gasteiger partial charge in [0.15, 0.2) is 0 Å². The van der Waals surface area contributed by atoms with Crippen molar-refractivity contribution in [2.24, 2.45) is 11.8 Å². The number of hydrogen-bond donors (Lipinski definition) is 0. The molecule has 2 bridgehead atoms. The minimum atomic E-state index is -0.418. The van der Waals surface area contributed by atoms with Gasteiger partial charge in [-0.1, -0.05) is 0 Å². The van der Waals surface area contributed by atoms with E-state index in [1.165, 1.54) is 25.2 Å². The van der Waals surface area contributed by atoms with Gasteiger partial charge in [0, 0.05) is 51.5 Å². The van der Waals surface area contributed by atoms with Crippen LogP contribution in [0.5, 0.6) is 0 Å². The number of pyridine rings is 1. The quantitative estimate of drug-likeness (QED) is 0.781. The second-order valence-electron chi connectivity index (χ2n) is 9.74. The molecule has 1 aromatic heterocycles. The Morgan fingerprint density at radius 1 is 1.11 bits per heavy atom. The van der Waals surface area contributed by atoms with Crippen LogP contribution in [-0.2, 0) is 4.74 Å².